The van der Waals surface area contributed by atoms with Crippen molar-refractivity contribution in [3.63, 3.8) is 0 Å². The summed E-state index contributed by atoms with van der Waals surface area (Å²) in [6.45, 7) is 0. The van der Waals surface area contributed by atoms with Gasteiger partial charge in [-0.15, -0.1) is 10.2 Å². The number of para-hydroxylation sites is 2. The lowest BCUT2D eigenvalue weighted by molar-refractivity contribution is -0.114. The number of rotatable bonds is 8. The summed E-state index contributed by atoms with van der Waals surface area (Å²) in [6, 6.07) is 18.6. The Hall–Kier alpha value is -2.36. The van der Waals surface area contributed by atoms with E-state index in [1.165, 1.54) is 34.9 Å². The summed E-state index contributed by atoms with van der Waals surface area (Å²) in [5.74, 6) is 0.307. The van der Waals surface area contributed by atoms with Gasteiger partial charge in [-0.1, -0.05) is 71.3 Å². The molecule has 0 fully saturated rings. The van der Waals surface area contributed by atoms with E-state index in [4.69, 9.17) is 0 Å². The maximum Gasteiger partial charge on any atom is 0.234 e. The summed E-state index contributed by atoms with van der Waals surface area (Å²) in [4.78, 5) is 23.9. The predicted molar refractivity (Wildman–Crippen MR) is 112 cm³/mol. The molecule has 2 amide bonds. The molecule has 0 saturated carbocycles. The number of nitrogens with one attached hydrogen (secondary N) is 2. The van der Waals surface area contributed by atoms with E-state index in [9.17, 15) is 9.59 Å². The molecule has 0 unspecified atom stereocenters. The third-order valence-corrected chi connectivity index (χ3v) is 6.35. The minimum absolute atomic E-state index is 0.0992. The van der Waals surface area contributed by atoms with E-state index in [0.717, 1.165) is 11.4 Å². The Labute approximate surface area is 169 Å². The van der Waals surface area contributed by atoms with Gasteiger partial charge in [-0.3, -0.25) is 9.59 Å². The Kier molecular flexibility index (Phi) is 7.26. The van der Waals surface area contributed by atoms with Crippen LogP contribution in [0.25, 0.3) is 0 Å². The maximum absolute atomic E-state index is 11.9. The molecular weight excluding hydrogens is 400 g/mol. The second kappa shape index (κ2) is 10.1. The zero-order valence-electron chi connectivity index (χ0n) is 14.1. The van der Waals surface area contributed by atoms with Crippen LogP contribution in [-0.2, 0) is 9.59 Å². The molecule has 1 heterocycles. The van der Waals surface area contributed by atoms with E-state index >= 15 is 0 Å². The molecular formula is C18H16N4O2S3. The summed E-state index contributed by atoms with van der Waals surface area (Å²) in [5, 5.41) is 13.8. The molecule has 138 valence electrons. The molecule has 6 nitrogen and oxygen atoms in total. The number of carbonyl (C=O) groups excluding carboxylic acids is 2. The van der Waals surface area contributed by atoms with Crippen LogP contribution in [0.2, 0.25) is 0 Å². The van der Waals surface area contributed by atoms with Crippen LogP contribution in [0, 0.1) is 0 Å². The number of hydrogen-bond donors (Lipinski definition) is 2. The lowest BCUT2D eigenvalue weighted by Gasteiger charge is -2.03. The van der Waals surface area contributed by atoms with Gasteiger partial charge in [-0.2, -0.15) is 0 Å². The first-order chi connectivity index (χ1) is 13.2. The molecule has 1 aromatic heterocycles. The van der Waals surface area contributed by atoms with Crippen LogP contribution in [-0.4, -0.2) is 33.5 Å². The highest BCUT2D eigenvalue weighted by Crippen LogP contribution is 2.28. The van der Waals surface area contributed by atoms with Crippen molar-refractivity contribution in [2.24, 2.45) is 0 Å². The first kappa shape index (κ1) is 19.4. The van der Waals surface area contributed by atoms with E-state index < -0.39 is 0 Å². The van der Waals surface area contributed by atoms with Crippen molar-refractivity contribution in [3.05, 3.63) is 60.7 Å². The predicted octanol–water partition coefficient (Wildman–Crippen LogP) is 4.00. The Morgan fingerprint density at radius 2 is 1.15 bits per heavy atom. The second-order valence-electron chi connectivity index (χ2n) is 5.24. The van der Waals surface area contributed by atoms with Crippen molar-refractivity contribution in [1.29, 1.82) is 0 Å². The van der Waals surface area contributed by atoms with E-state index in [1.54, 1.807) is 0 Å². The molecule has 3 aromatic rings. The maximum atomic E-state index is 11.9. The summed E-state index contributed by atoms with van der Waals surface area (Å²) >= 11 is 4.02. The first-order valence-electron chi connectivity index (χ1n) is 7.98. The fourth-order valence-electron chi connectivity index (χ4n) is 2.01. The first-order valence-corrected chi connectivity index (χ1v) is 10.8. The number of thioether (sulfide) groups is 2. The Balaban J connectivity index is 1.40. The third-order valence-electron chi connectivity index (χ3n) is 3.16. The summed E-state index contributed by atoms with van der Waals surface area (Å²) in [7, 11) is 0. The van der Waals surface area contributed by atoms with Crippen molar-refractivity contribution < 1.29 is 9.59 Å². The number of benzene rings is 2. The van der Waals surface area contributed by atoms with Crippen LogP contribution in [0.4, 0.5) is 11.4 Å². The van der Waals surface area contributed by atoms with Crippen molar-refractivity contribution in [1.82, 2.24) is 10.2 Å². The van der Waals surface area contributed by atoms with Gasteiger partial charge in [-0.25, -0.2) is 0 Å². The fraction of sp³-hybridized carbons (Fsp3) is 0.111. The van der Waals surface area contributed by atoms with Crippen LogP contribution in [0.15, 0.2) is 69.3 Å². The molecule has 0 aliphatic heterocycles. The van der Waals surface area contributed by atoms with E-state index in [0.29, 0.717) is 8.68 Å². The van der Waals surface area contributed by atoms with Gasteiger partial charge in [0.15, 0.2) is 8.68 Å². The topological polar surface area (TPSA) is 84.0 Å². The normalized spacial score (nSPS) is 10.4. The van der Waals surface area contributed by atoms with E-state index in [-0.39, 0.29) is 23.3 Å². The highest BCUT2D eigenvalue weighted by molar-refractivity contribution is 8.03. The summed E-state index contributed by atoms with van der Waals surface area (Å²) < 4.78 is 1.40. The third kappa shape index (κ3) is 6.70. The molecule has 0 radical (unpaired) electrons. The minimum Gasteiger partial charge on any atom is -0.325 e. The summed E-state index contributed by atoms with van der Waals surface area (Å²) in [5.41, 5.74) is 1.53. The van der Waals surface area contributed by atoms with Gasteiger partial charge in [0.05, 0.1) is 11.5 Å². The Morgan fingerprint density at radius 1 is 0.741 bits per heavy atom. The Morgan fingerprint density at radius 3 is 1.56 bits per heavy atom. The quantitative estimate of drug-likeness (QED) is 0.540. The lowest BCUT2D eigenvalue weighted by Crippen LogP contribution is -2.13. The fourth-order valence-corrected chi connectivity index (χ4v) is 4.63. The van der Waals surface area contributed by atoms with Gasteiger partial charge in [0, 0.05) is 11.4 Å². The molecule has 9 heteroatoms. The monoisotopic (exact) mass is 416 g/mol. The average Bonchev–Trinajstić information content (AvgIpc) is 3.14. The molecule has 27 heavy (non-hydrogen) atoms. The molecule has 0 saturated heterocycles. The van der Waals surface area contributed by atoms with Crippen LogP contribution in [0.3, 0.4) is 0 Å². The van der Waals surface area contributed by atoms with Gasteiger partial charge in [0.2, 0.25) is 11.8 Å². The molecule has 0 spiro atoms. The van der Waals surface area contributed by atoms with Crippen molar-refractivity contribution in [2.45, 2.75) is 8.68 Å². The van der Waals surface area contributed by atoms with Crippen molar-refractivity contribution in [2.75, 3.05) is 22.1 Å². The van der Waals surface area contributed by atoms with Crippen LogP contribution >= 0.6 is 34.9 Å². The van der Waals surface area contributed by atoms with Gasteiger partial charge in [0.25, 0.3) is 0 Å². The van der Waals surface area contributed by atoms with Crippen molar-refractivity contribution >= 4 is 58.0 Å². The molecule has 0 aliphatic rings. The SMILES string of the molecule is O=C(CSc1nnc(SCC(=O)Nc2ccccc2)s1)Nc1ccccc1. The molecule has 2 N–H and O–H groups in total. The summed E-state index contributed by atoms with van der Waals surface area (Å²) in [6.07, 6.45) is 0. The number of carbonyl (C=O) groups is 2. The van der Waals surface area contributed by atoms with Gasteiger partial charge in [0.1, 0.15) is 0 Å². The van der Waals surface area contributed by atoms with Crippen LogP contribution in [0.5, 0.6) is 0 Å². The highest BCUT2D eigenvalue weighted by Gasteiger charge is 2.11. The zero-order valence-corrected chi connectivity index (χ0v) is 16.6. The second-order valence-corrected chi connectivity index (χ2v) is 8.66. The van der Waals surface area contributed by atoms with Crippen molar-refractivity contribution in [3.8, 4) is 0 Å². The average molecular weight is 417 g/mol. The van der Waals surface area contributed by atoms with Crippen LogP contribution in [0.1, 0.15) is 0 Å². The zero-order chi connectivity index (χ0) is 18.9. The number of nitrogens with zero attached hydrogens (tertiary/aromatic N) is 2. The lowest BCUT2D eigenvalue weighted by atomic mass is 10.3. The molecule has 0 bridgehead atoms. The smallest absolute Gasteiger partial charge is 0.234 e. The highest BCUT2D eigenvalue weighted by atomic mass is 32.2. The molecule has 3 rings (SSSR count). The minimum atomic E-state index is -0.0992. The standard InChI is InChI=1S/C18H16N4O2S3/c23-15(19-13-7-3-1-4-8-13)11-25-17-21-22-18(27-17)26-12-16(24)20-14-9-5-2-6-10-14/h1-10H,11-12H2,(H,19,23)(H,20,24). The van der Waals surface area contributed by atoms with E-state index in [2.05, 4.69) is 20.8 Å². The largest absolute Gasteiger partial charge is 0.325 e. The van der Waals surface area contributed by atoms with Crippen LogP contribution < -0.4 is 10.6 Å². The van der Waals surface area contributed by atoms with Gasteiger partial charge >= 0.3 is 0 Å². The Bertz CT molecular complexity index is 816. The molecule has 2 aromatic carbocycles. The number of anilines is 2. The number of hydrogen-bond acceptors (Lipinski definition) is 7. The number of aromatic nitrogens is 2. The van der Waals surface area contributed by atoms with Gasteiger partial charge < -0.3 is 10.6 Å². The number of amides is 2. The van der Waals surface area contributed by atoms with E-state index in [1.807, 2.05) is 60.7 Å². The molecule has 0 atom stereocenters. The molecule has 0 aliphatic carbocycles. The van der Waals surface area contributed by atoms with Gasteiger partial charge in [-0.05, 0) is 24.3 Å².